The van der Waals surface area contributed by atoms with E-state index in [4.69, 9.17) is 17.3 Å². The number of carbonyl (C=O) groups is 1. The van der Waals surface area contributed by atoms with Crippen LogP contribution in [0.2, 0.25) is 5.02 Å². The summed E-state index contributed by atoms with van der Waals surface area (Å²) in [5, 5.41) is 10.1. The van der Waals surface area contributed by atoms with E-state index in [9.17, 15) is 9.90 Å². The van der Waals surface area contributed by atoms with Crippen molar-refractivity contribution in [1.29, 1.82) is 0 Å². The van der Waals surface area contributed by atoms with Crippen molar-refractivity contribution < 1.29 is 9.90 Å². The average molecular weight is 359 g/mol. The molecule has 0 bridgehead atoms. The van der Waals surface area contributed by atoms with Gasteiger partial charge in [-0.25, -0.2) is 0 Å². The van der Waals surface area contributed by atoms with Gasteiger partial charge in [0, 0.05) is 17.3 Å². The topological polar surface area (TPSA) is 66.6 Å². The van der Waals surface area contributed by atoms with Crippen LogP contribution in [0.4, 0.5) is 5.69 Å². The number of para-hydroxylation sites is 1. The second-order valence-electron chi connectivity index (χ2n) is 6.92. The van der Waals surface area contributed by atoms with Gasteiger partial charge in [-0.05, 0) is 60.6 Å². The number of amides is 1. The maximum atomic E-state index is 13.0. The molecule has 0 radical (unpaired) electrons. The summed E-state index contributed by atoms with van der Waals surface area (Å²) in [6, 6.07) is 10.4. The van der Waals surface area contributed by atoms with E-state index in [1.165, 1.54) is 11.6 Å². The normalized spacial score (nSPS) is 17.9. The zero-order chi connectivity index (χ0) is 18.1. The molecule has 1 aliphatic rings. The molecule has 2 aromatic rings. The van der Waals surface area contributed by atoms with Crippen molar-refractivity contribution in [3.05, 3.63) is 58.1 Å². The number of carbonyl (C=O) groups excluding carboxylic acids is 1. The van der Waals surface area contributed by atoms with Crippen LogP contribution in [-0.4, -0.2) is 23.6 Å². The largest absolute Gasteiger partial charge is 0.508 e. The smallest absolute Gasteiger partial charge is 0.244 e. The Labute approximate surface area is 153 Å². The second-order valence-corrected chi connectivity index (χ2v) is 7.33. The number of nitrogens with two attached hydrogens (primary N) is 1. The molecule has 3 rings (SSSR count). The van der Waals surface area contributed by atoms with Gasteiger partial charge in [0.05, 0.1) is 6.04 Å². The lowest BCUT2D eigenvalue weighted by atomic mass is 9.92. The van der Waals surface area contributed by atoms with Gasteiger partial charge in [0.25, 0.3) is 0 Å². The zero-order valence-electron chi connectivity index (χ0n) is 14.5. The molecule has 0 fully saturated rings. The van der Waals surface area contributed by atoms with E-state index in [-0.39, 0.29) is 11.7 Å². The fraction of sp³-hybridized carbons (Fsp3) is 0.350. The lowest BCUT2D eigenvalue weighted by Gasteiger charge is -2.34. The van der Waals surface area contributed by atoms with Crippen LogP contribution in [0.25, 0.3) is 0 Å². The molecule has 5 heteroatoms. The maximum absolute atomic E-state index is 13.0. The monoisotopic (exact) mass is 358 g/mol. The van der Waals surface area contributed by atoms with Crippen LogP contribution in [0.5, 0.6) is 5.75 Å². The van der Waals surface area contributed by atoms with Crippen LogP contribution in [0.1, 0.15) is 23.6 Å². The Bertz CT molecular complexity index is 783. The fourth-order valence-corrected chi connectivity index (χ4v) is 3.87. The summed E-state index contributed by atoms with van der Waals surface area (Å²) in [6.45, 7) is 4.67. The van der Waals surface area contributed by atoms with Gasteiger partial charge in [0.2, 0.25) is 5.91 Å². The number of nitrogens with zero attached hydrogens (tertiary/aromatic N) is 1. The summed E-state index contributed by atoms with van der Waals surface area (Å²) < 4.78 is 0. The van der Waals surface area contributed by atoms with E-state index >= 15 is 0 Å². The number of phenols is 1. The third-order valence-corrected chi connectivity index (χ3v) is 5.09. The third-order valence-electron chi connectivity index (χ3n) is 4.76. The minimum atomic E-state index is -0.681. The van der Waals surface area contributed by atoms with Gasteiger partial charge < -0.3 is 15.7 Å². The van der Waals surface area contributed by atoms with Crippen LogP contribution in [0.3, 0.4) is 0 Å². The molecule has 4 nitrogen and oxygen atoms in total. The van der Waals surface area contributed by atoms with Crippen LogP contribution in [0, 0.1) is 12.8 Å². The number of halogens is 1. The first-order valence-corrected chi connectivity index (χ1v) is 8.87. The predicted octanol–water partition coefficient (Wildman–Crippen LogP) is 3.45. The SMILES string of the molecule is Cc1cc(O)cc(Cl)c1C[C@H](N)C(=O)N1CC(C)Cc2ccccc21. The molecular formula is C20H23ClN2O2. The fourth-order valence-electron chi connectivity index (χ4n) is 3.53. The zero-order valence-corrected chi connectivity index (χ0v) is 15.3. The first-order valence-electron chi connectivity index (χ1n) is 8.49. The number of benzene rings is 2. The molecular weight excluding hydrogens is 336 g/mol. The van der Waals surface area contributed by atoms with Gasteiger partial charge in [-0.15, -0.1) is 0 Å². The van der Waals surface area contributed by atoms with E-state index < -0.39 is 6.04 Å². The van der Waals surface area contributed by atoms with Crippen LogP contribution >= 0.6 is 11.6 Å². The van der Waals surface area contributed by atoms with Crippen molar-refractivity contribution in [1.82, 2.24) is 0 Å². The lowest BCUT2D eigenvalue weighted by molar-refractivity contribution is -0.120. The average Bonchev–Trinajstić information content (AvgIpc) is 2.56. The van der Waals surface area contributed by atoms with Crippen molar-refractivity contribution in [3.63, 3.8) is 0 Å². The number of rotatable bonds is 3. The van der Waals surface area contributed by atoms with Crippen molar-refractivity contribution >= 4 is 23.2 Å². The highest BCUT2D eigenvalue weighted by Gasteiger charge is 2.29. The Balaban J connectivity index is 1.84. The highest BCUT2D eigenvalue weighted by molar-refractivity contribution is 6.31. The van der Waals surface area contributed by atoms with E-state index in [2.05, 4.69) is 13.0 Å². The van der Waals surface area contributed by atoms with Gasteiger partial charge >= 0.3 is 0 Å². The summed E-state index contributed by atoms with van der Waals surface area (Å²) in [4.78, 5) is 14.8. The summed E-state index contributed by atoms with van der Waals surface area (Å²) in [6.07, 6.45) is 1.31. The lowest BCUT2D eigenvalue weighted by Crippen LogP contribution is -2.48. The molecule has 132 valence electrons. The molecule has 1 amide bonds. The summed E-state index contributed by atoms with van der Waals surface area (Å²) in [5.41, 5.74) is 10.0. The number of fused-ring (bicyclic) bond motifs is 1. The molecule has 1 aliphatic heterocycles. The number of hydrogen-bond acceptors (Lipinski definition) is 3. The molecule has 1 heterocycles. The van der Waals surface area contributed by atoms with Crippen molar-refractivity contribution in [2.75, 3.05) is 11.4 Å². The Morgan fingerprint density at radius 3 is 2.84 bits per heavy atom. The van der Waals surface area contributed by atoms with Gasteiger partial charge in [0.1, 0.15) is 5.75 Å². The highest BCUT2D eigenvalue weighted by atomic mass is 35.5. The highest BCUT2D eigenvalue weighted by Crippen LogP contribution is 2.31. The van der Waals surface area contributed by atoms with E-state index in [1.54, 1.807) is 11.0 Å². The van der Waals surface area contributed by atoms with Crippen LogP contribution in [-0.2, 0) is 17.6 Å². The molecule has 2 aromatic carbocycles. The Morgan fingerprint density at radius 2 is 2.12 bits per heavy atom. The molecule has 1 unspecified atom stereocenters. The van der Waals surface area contributed by atoms with E-state index in [0.29, 0.717) is 23.9 Å². The van der Waals surface area contributed by atoms with Gasteiger partial charge in [0.15, 0.2) is 0 Å². The molecule has 0 saturated carbocycles. The summed E-state index contributed by atoms with van der Waals surface area (Å²) in [5.74, 6) is 0.414. The first kappa shape index (κ1) is 17.8. The molecule has 25 heavy (non-hydrogen) atoms. The number of aryl methyl sites for hydroxylation is 1. The Hall–Kier alpha value is -2.04. The number of hydrogen-bond donors (Lipinski definition) is 2. The molecule has 0 saturated heterocycles. The van der Waals surface area contributed by atoms with E-state index in [0.717, 1.165) is 23.2 Å². The molecule has 0 spiro atoms. The standard InChI is InChI=1S/C20H23ClN2O2/c1-12-7-14-5-3-4-6-19(14)23(11-12)20(25)18(22)10-16-13(2)8-15(24)9-17(16)21/h3-6,8-9,12,18,24H,7,10-11,22H2,1-2H3/t12?,18-/m0/s1. The Kier molecular flexibility index (Phi) is 5.02. The molecule has 0 aliphatic carbocycles. The minimum Gasteiger partial charge on any atom is -0.508 e. The quantitative estimate of drug-likeness (QED) is 0.883. The summed E-state index contributed by atoms with van der Waals surface area (Å²) in [7, 11) is 0. The Morgan fingerprint density at radius 1 is 1.40 bits per heavy atom. The van der Waals surface area contributed by atoms with Crippen molar-refractivity contribution in [2.45, 2.75) is 32.7 Å². The van der Waals surface area contributed by atoms with Gasteiger partial charge in [-0.3, -0.25) is 4.79 Å². The van der Waals surface area contributed by atoms with Gasteiger partial charge in [-0.2, -0.15) is 0 Å². The first-order chi connectivity index (χ1) is 11.9. The number of aromatic hydroxyl groups is 1. The second kappa shape index (κ2) is 7.06. The van der Waals surface area contributed by atoms with Gasteiger partial charge in [-0.1, -0.05) is 36.7 Å². The number of phenolic OH excluding ortho intramolecular Hbond substituents is 1. The van der Waals surface area contributed by atoms with Crippen molar-refractivity contribution in [3.8, 4) is 5.75 Å². The number of anilines is 1. The predicted molar refractivity (Wildman–Crippen MR) is 101 cm³/mol. The third kappa shape index (κ3) is 3.65. The molecule has 0 aromatic heterocycles. The van der Waals surface area contributed by atoms with E-state index in [1.807, 2.05) is 25.1 Å². The van der Waals surface area contributed by atoms with Crippen LogP contribution in [0.15, 0.2) is 36.4 Å². The van der Waals surface area contributed by atoms with Crippen molar-refractivity contribution in [2.24, 2.45) is 11.7 Å². The molecule has 3 N–H and O–H groups in total. The van der Waals surface area contributed by atoms with Crippen LogP contribution < -0.4 is 10.6 Å². The molecule has 2 atom stereocenters. The maximum Gasteiger partial charge on any atom is 0.244 e. The summed E-state index contributed by atoms with van der Waals surface area (Å²) >= 11 is 6.23. The minimum absolute atomic E-state index is 0.0949.